The van der Waals surface area contributed by atoms with Crippen molar-refractivity contribution in [3.8, 4) is 5.82 Å². The van der Waals surface area contributed by atoms with E-state index in [0.29, 0.717) is 12.2 Å². The lowest BCUT2D eigenvalue weighted by Gasteiger charge is -2.19. The molecule has 0 fully saturated rings. The average molecular weight is 450 g/mol. The second-order valence-electron chi connectivity index (χ2n) is 8.42. The fourth-order valence-corrected chi connectivity index (χ4v) is 2.98. The summed E-state index contributed by atoms with van der Waals surface area (Å²) in [7, 11) is 1.74. The molecule has 3 N–H and O–H groups in total. The Balaban J connectivity index is 1.40. The number of nitrogens with zero attached hydrogens (tertiary/aromatic N) is 4. The number of rotatable bonds is 7. The maximum Gasteiger partial charge on any atom is 0.412 e. The number of ether oxygens (including phenoxy) is 1. The van der Waals surface area contributed by atoms with E-state index in [-0.39, 0.29) is 0 Å². The molecule has 9 nitrogen and oxygen atoms in total. The molecule has 0 saturated carbocycles. The fourth-order valence-electron chi connectivity index (χ4n) is 2.98. The van der Waals surface area contributed by atoms with Gasteiger partial charge in [-0.1, -0.05) is 18.2 Å². The lowest BCUT2D eigenvalue weighted by Crippen LogP contribution is -2.37. The summed E-state index contributed by atoms with van der Waals surface area (Å²) >= 11 is 0. The van der Waals surface area contributed by atoms with Crippen LogP contribution in [0.4, 0.5) is 10.5 Å². The Morgan fingerprint density at radius 2 is 1.85 bits per heavy atom. The monoisotopic (exact) mass is 449 g/mol. The molecule has 0 radical (unpaired) electrons. The van der Waals surface area contributed by atoms with Crippen LogP contribution in [0.15, 0.2) is 66.3 Å². The van der Waals surface area contributed by atoms with E-state index in [2.05, 4.69) is 30.9 Å². The highest BCUT2D eigenvalue weighted by Gasteiger charge is 2.16. The Labute approximate surface area is 194 Å². The van der Waals surface area contributed by atoms with Crippen molar-refractivity contribution in [3.63, 3.8) is 0 Å². The van der Waals surface area contributed by atoms with Gasteiger partial charge in [-0.25, -0.2) is 14.8 Å². The van der Waals surface area contributed by atoms with Gasteiger partial charge in [0.2, 0.25) is 0 Å². The second-order valence-corrected chi connectivity index (χ2v) is 8.42. The first kappa shape index (κ1) is 23.8. The number of hydrogen-bond donors (Lipinski definition) is 3. The van der Waals surface area contributed by atoms with Crippen LogP contribution >= 0.6 is 0 Å². The van der Waals surface area contributed by atoms with Gasteiger partial charge in [-0.05, 0) is 56.5 Å². The zero-order valence-electron chi connectivity index (χ0n) is 19.5. The molecule has 33 heavy (non-hydrogen) atoms. The van der Waals surface area contributed by atoms with Gasteiger partial charge in [0, 0.05) is 44.4 Å². The molecule has 0 saturated heterocycles. The maximum absolute atomic E-state index is 11.9. The van der Waals surface area contributed by atoms with Crippen molar-refractivity contribution in [2.45, 2.75) is 39.3 Å². The highest BCUT2D eigenvalue weighted by atomic mass is 16.6. The summed E-state index contributed by atoms with van der Waals surface area (Å²) in [6, 6.07) is 11.7. The van der Waals surface area contributed by atoms with Gasteiger partial charge >= 0.3 is 6.09 Å². The van der Waals surface area contributed by atoms with Crippen molar-refractivity contribution >= 4 is 17.7 Å². The summed E-state index contributed by atoms with van der Waals surface area (Å²) in [4.78, 5) is 24.6. The van der Waals surface area contributed by atoms with Crippen LogP contribution in [0, 0.1) is 0 Å². The number of carbonyl (C=O) groups excluding carboxylic acids is 1. The zero-order valence-corrected chi connectivity index (χ0v) is 19.5. The largest absolute Gasteiger partial charge is 0.444 e. The van der Waals surface area contributed by atoms with E-state index in [0.717, 1.165) is 35.9 Å². The zero-order chi connectivity index (χ0) is 23.7. The van der Waals surface area contributed by atoms with Crippen LogP contribution in [0.25, 0.3) is 5.82 Å². The molecule has 0 aliphatic rings. The summed E-state index contributed by atoms with van der Waals surface area (Å²) in [5, 5.41) is 9.34. The minimum atomic E-state index is -0.525. The summed E-state index contributed by atoms with van der Waals surface area (Å²) in [6.45, 7) is 6.83. The minimum absolute atomic E-state index is 0.460. The first-order valence-corrected chi connectivity index (χ1v) is 10.8. The molecule has 0 aliphatic heterocycles. The molecule has 3 rings (SSSR count). The molecule has 0 atom stereocenters. The van der Waals surface area contributed by atoms with E-state index in [1.165, 1.54) is 0 Å². The quantitative estimate of drug-likeness (QED) is 0.376. The Morgan fingerprint density at radius 1 is 1.09 bits per heavy atom. The number of guanidine groups is 1. The van der Waals surface area contributed by atoms with E-state index >= 15 is 0 Å². The summed E-state index contributed by atoms with van der Waals surface area (Å²) in [6.07, 6.45) is 7.49. The van der Waals surface area contributed by atoms with E-state index in [1.807, 2.05) is 74.1 Å². The van der Waals surface area contributed by atoms with Crippen LogP contribution in [0.3, 0.4) is 0 Å². The number of aromatic nitrogens is 3. The number of nitrogens with one attached hydrogen (secondary N) is 3. The van der Waals surface area contributed by atoms with E-state index < -0.39 is 11.7 Å². The molecule has 174 valence electrons. The van der Waals surface area contributed by atoms with Crippen molar-refractivity contribution in [2.75, 3.05) is 18.9 Å². The van der Waals surface area contributed by atoms with Crippen LogP contribution in [-0.4, -0.2) is 45.8 Å². The lowest BCUT2D eigenvalue weighted by molar-refractivity contribution is 0.0636. The van der Waals surface area contributed by atoms with Crippen LogP contribution in [0.2, 0.25) is 0 Å². The molecule has 9 heteroatoms. The SMILES string of the molecule is CN=C(NCCc1ccc(NC(=O)OC(C)(C)C)cc1)NCc1ccc(-n2ccnc2)nc1. The number of amides is 1. The minimum Gasteiger partial charge on any atom is -0.444 e. The third kappa shape index (κ3) is 7.95. The van der Waals surface area contributed by atoms with Gasteiger partial charge in [0.25, 0.3) is 0 Å². The number of benzene rings is 1. The van der Waals surface area contributed by atoms with Gasteiger partial charge in [-0.2, -0.15) is 0 Å². The van der Waals surface area contributed by atoms with Gasteiger partial charge in [-0.15, -0.1) is 0 Å². The van der Waals surface area contributed by atoms with E-state index in [1.54, 1.807) is 19.6 Å². The third-order valence-electron chi connectivity index (χ3n) is 4.57. The highest BCUT2D eigenvalue weighted by Crippen LogP contribution is 2.13. The summed E-state index contributed by atoms with van der Waals surface area (Å²) in [5.74, 6) is 1.54. The van der Waals surface area contributed by atoms with Crippen molar-refractivity contribution in [3.05, 3.63) is 72.4 Å². The predicted molar refractivity (Wildman–Crippen MR) is 130 cm³/mol. The number of pyridine rings is 1. The molecule has 1 amide bonds. The molecule has 0 bridgehead atoms. The highest BCUT2D eigenvalue weighted by molar-refractivity contribution is 5.84. The topological polar surface area (TPSA) is 105 Å². The molecular weight excluding hydrogens is 418 g/mol. The Morgan fingerprint density at radius 3 is 2.45 bits per heavy atom. The fraction of sp³-hybridized carbons (Fsp3) is 0.333. The van der Waals surface area contributed by atoms with E-state index in [9.17, 15) is 4.79 Å². The summed E-state index contributed by atoms with van der Waals surface area (Å²) < 4.78 is 7.12. The van der Waals surface area contributed by atoms with E-state index in [4.69, 9.17) is 4.74 Å². The number of hydrogen-bond acceptors (Lipinski definition) is 5. The Hall–Kier alpha value is -3.88. The number of carbonyl (C=O) groups is 1. The molecule has 0 unspecified atom stereocenters. The molecule has 3 aromatic rings. The van der Waals surface area contributed by atoms with Crippen molar-refractivity contribution in [1.29, 1.82) is 0 Å². The van der Waals surface area contributed by atoms with Crippen molar-refractivity contribution in [1.82, 2.24) is 25.2 Å². The predicted octanol–water partition coefficient (Wildman–Crippen LogP) is 3.52. The van der Waals surface area contributed by atoms with Crippen LogP contribution in [0.1, 0.15) is 31.9 Å². The second kappa shape index (κ2) is 11.1. The van der Waals surface area contributed by atoms with Crippen molar-refractivity contribution in [2.24, 2.45) is 4.99 Å². The first-order valence-electron chi connectivity index (χ1n) is 10.8. The number of aliphatic imine (C=N–C) groups is 1. The van der Waals surface area contributed by atoms with Gasteiger partial charge in [0.05, 0.1) is 0 Å². The van der Waals surface area contributed by atoms with Gasteiger partial charge in [0.1, 0.15) is 17.7 Å². The smallest absolute Gasteiger partial charge is 0.412 e. The normalized spacial score (nSPS) is 11.7. The van der Waals surface area contributed by atoms with Crippen LogP contribution in [0.5, 0.6) is 0 Å². The van der Waals surface area contributed by atoms with Gasteiger partial charge in [0.15, 0.2) is 5.96 Å². The molecule has 0 aliphatic carbocycles. The first-order chi connectivity index (χ1) is 15.8. The summed E-state index contributed by atoms with van der Waals surface area (Å²) in [5.41, 5.74) is 2.37. The molecule has 1 aromatic carbocycles. The Bertz CT molecular complexity index is 1040. The maximum atomic E-state index is 11.9. The molecular formula is C24H31N7O2. The van der Waals surface area contributed by atoms with Gasteiger partial charge in [-0.3, -0.25) is 14.9 Å². The van der Waals surface area contributed by atoms with Gasteiger partial charge < -0.3 is 15.4 Å². The third-order valence-corrected chi connectivity index (χ3v) is 4.57. The number of anilines is 1. The van der Waals surface area contributed by atoms with Crippen molar-refractivity contribution < 1.29 is 9.53 Å². The number of imidazole rings is 1. The van der Waals surface area contributed by atoms with Crippen LogP contribution < -0.4 is 16.0 Å². The molecule has 2 heterocycles. The standard InChI is InChI=1S/C24H31N7O2/c1-24(2,3)33-23(32)30-20-8-5-18(6-9-20)11-12-27-22(25-4)29-16-19-7-10-21(28-15-19)31-14-13-26-17-31/h5-10,13-15,17H,11-12,16H2,1-4H3,(H,30,32)(H2,25,27,29). The lowest BCUT2D eigenvalue weighted by atomic mass is 10.1. The molecule has 2 aromatic heterocycles. The Kier molecular flexibility index (Phi) is 8.01. The molecule has 0 spiro atoms. The van der Waals surface area contributed by atoms with Crippen LogP contribution in [-0.2, 0) is 17.7 Å². The average Bonchev–Trinajstić information content (AvgIpc) is 3.31.